The van der Waals surface area contributed by atoms with Crippen LogP contribution in [0.4, 0.5) is 0 Å². The molecule has 0 atom stereocenters. The highest BCUT2D eigenvalue weighted by molar-refractivity contribution is 5.16. The van der Waals surface area contributed by atoms with Crippen LogP contribution in [0.5, 0.6) is 0 Å². The van der Waals surface area contributed by atoms with Crippen LogP contribution in [-0.2, 0) is 4.74 Å². The van der Waals surface area contributed by atoms with E-state index in [1.807, 2.05) is 65.0 Å². The van der Waals surface area contributed by atoms with Crippen LogP contribution in [0.2, 0.25) is 0 Å². The molecule has 0 amide bonds. The molecular formula is C12H20O. The van der Waals surface area contributed by atoms with Crippen molar-refractivity contribution in [1.29, 1.82) is 0 Å². The Bertz CT molecular complexity index is 214. The van der Waals surface area contributed by atoms with Crippen molar-refractivity contribution in [2.45, 2.75) is 40.2 Å². The lowest BCUT2D eigenvalue weighted by Gasteiger charge is -2.21. The van der Waals surface area contributed by atoms with Crippen LogP contribution in [0.25, 0.3) is 0 Å². The van der Waals surface area contributed by atoms with Crippen LogP contribution >= 0.6 is 0 Å². The molecule has 13 heavy (non-hydrogen) atoms. The quantitative estimate of drug-likeness (QED) is 0.473. The molecule has 0 bridgehead atoms. The van der Waals surface area contributed by atoms with Crippen molar-refractivity contribution in [1.82, 2.24) is 0 Å². The van der Waals surface area contributed by atoms with Crippen LogP contribution in [0.3, 0.4) is 0 Å². The lowest BCUT2D eigenvalue weighted by atomic mass is 10.2. The summed E-state index contributed by atoms with van der Waals surface area (Å²) in [6.07, 6.45) is 9.87. The molecule has 0 rings (SSSR count). The second kappa shape index (κ2) is 5.63. The third kappa shape index (κ3) is 7.38. The van der Waals surface area contributed by atoms with Gasteiger partial charge in [0.05, 0.1) is 0 Å². The van der Waals surface area contributed by atoms with Crippen molar-refractivity contribution >= 4 is 0 Å². The van der Waals surface area contributed by atoms with Gasteiger partial charge in [-0.05, 0) is 46.8 Å². The van der Waals surface area contributed by atoms with Gasteiger partial charge in [-0.3, -0.25) is 0 Å². The number of rotatable bonds is 3. The van der Waals surface area contributed by atoms with E-state index in [9.17, 15) is 0 Å². The van der Waals surface area contributed by atoms with Gasteiger partial charge in [0.2, 0.25) is 0 Å². The minimum atomic E-state index is -0.123. The van der Waals surface area contributed by atoms with E-state index in [2.05, 4.69) is 0 Å². The molecule has 0 spiro atoms. The normalized spacial score (nSPS) is 14.4. The summed E-state index contributed by atoms with van der Waals surface area (Å²) in [4.78, 5) is 0. The Kier molecular flexibility index (Phi) is 5.20. The molecule has 0 aromatic carbocycles. The highest BCUT2D eigenvalue weighted by Crippen LogP contribution is 2.14. The molecule has 0 unspecified atom stereocenters. The molecule has 0 aliphatic carbocycles. The molecule has 0 aliphatic rings. The molecule has 0 saturated carbocycles. The van der Waals surface area contributed by atoms with E-state index in [4.69, 9.17) is 4.74 Å². The zero-order chi connectivity index (χ0) is 10.3. The summed E-state index contributed by atoms with van der Waals surface area (Å²) in [5.41, 5.74) is -0.123. The van der Waals surface area contributed by atoms with Crippen LogP contribution in [-0.4, -0.2) is 5.60 Å². The van der Waals surface area contributed by atoms with Crippen molar-refractivity contribution in [3.63, 3.8) is 0 Å². The van der Waals surface area contributed by atoms with Gasteiger partial charge in [0.1, 0.15) is 11.4 Å². The van der Waals surface area contributed by atoms with E-state index in [1.165, 1.54) is 0 Å². The second-order valence-electron chi connectivity index (χ2n) is 3.79. The second-order valence-corrected chi connectivity index (χ2v) is 3.79. The molecular weight excluding hydrogens is 160 g/mol. The first kappa shape index (κ1) is 12.0. The van der Waals surface area contributed by atoms with E-state index in [1.54, 1.807) is 0 Å². The predicted octanol–water partition coefficient (Wildman–Crippen LogP) is 3.84. The van der Waals surface area contributed by atoms with Crippen LogP contribution in [0.15, 0.2) is 36.1 Å². The molecule has 0 radical (unpaired) electrons. The number of allylic oxidation sites excluding steroid dienone is 5. The fraction of sp³-hybridized carbons (Fsp3) is 0.500. The van der Waals surface area contributed by atoms with Gasteiger partial charge in [0.15, 0.2) is 0 Å². The molecule has 1 heteroatoms. The first-order valence-electron chi connectivity index (χ1n) is 4.64. The maximum Gasteiger partial charge on any atom is 0.115 e. The Morgan fingerprint density at radius 2 is 1.69 bits per heavy atom. The number of hydrogen-bond acceptors (Lipinski definition) is 1. The van der Waals surface area contributed by atoms with Crippen molar-refractivity contribution in [3.8, 4) is 0 Å². The Morgan fingerprint density at radius 1 is 1.08 bits per heavy atom. The molecule has 1 nitrogen and oxygen atoms in total. The summed E-state index contributed by atoms with van der Waals surface area (Å²) < 4.78 is 5.67. The molecule has 0 N–H and O–H groups in total. The van der Waals surface area contributed by atoms with E-state index >= 15 is 0 Å². The Labute approximate surface area is 81.8 Å². The molecule has 0 aliphatic heterocycles. The SMILES string of the molecule is C\C=C/C=C\C(=C/C)OC(C)(C)C. The summed E-state index contributed by atoms with van der Waals surface area (Å²) in [5, 5.41) is 0. The summed E-state index contributed by atoms with van der Waals surface area (Å²) in [6.45, 7) is 10.1. The predicted molar refractivity (Wildman–Crippen MR) is 58.5 cm³/mol. The summed E-state index contributed by atoms with van der Waals surface area (Å²) in [7, 11) is 0. The van der Waals surface area contributed by atoms with Crippen molar-refractivity contribution in [2.75, 3.05) is 0 Å². The smallest absolute Gasteiger partial charge is 0.115 e. The van der Waals surface area contributed by atoms with Gasteiger partial charge in [-0.2, -0.15) is 0 Å². The molecule has 0 aromatic heterocycles. The zero-order valence-electron chi connectivity index (χ0n) is 9.29. The van der Waals surface area contributed by atoms with Crippen molar-refractivity contribution in [3.05, 3.63) is 36.1 Å². The Hall–Kier alpha value is -0.980. The van der Waals surface area contributed by atoms with Gasteiger partial charge in [-0.25, -0.2) is 0 Å². The number of hydrogen-bond donors (Lipinski definition) is 0. The Balaban J connectivity index is 4.23. The minimum absolute atomic E-state index is 0.123. The average Bonchev–Trinajstić information content (AvgIpc) is 2.01. The van der Waals surface area contributed by atoms with Gasteiger partial charge in [0, 0.05) is 0 Å². The maximum atomic E-state index is 5.67. The highest BCUT2D eigenvalue weighted by Gasteiger charge is 2.10. The third-order valence-corrected chi connectivity index (χ3v) is 1.27. The van der Waals surface area contributed by atoms with Crippen LogP contribution < -0.4 is 0 Å². The first-order chi connectivity index (χ1) is 5.99. The molecule has 74 valence electrons. The molecule has 0 saturated heterocycles. The average molecular weight is 180 g/mol. The maximum absolute atomic E-state index is 5.67. The van der Waals surface area contributed by atoms with Gasteiger partial charge in [0.25, 0.3) is 0 Å². The van der Waals surface area contributed by atoms with Gasteiger partial charge >= 0.3 is 0 Å². The van der Waals surface area contributed by atoms with E-state index in [-0.39, 0.29) is 5.60 Å². The molecule has 0 aromatic rings. The fourth-order valence-corrected chi connectivity index (χ4v) is 0.804. The largest absolute Gasteiger partial charge is 0.489 e. The van der Waals surface area contributed by atoms with Crippen LogP contribution in [0.1, 0.15) is 34.6 Å². The van der Waals surface area contributed by atoms with Crippen molar-refractivity contribution < 1.29 is 4.74 Å². The van der Waals surface area contributed by atoms with E-state index in [0.717, 1.165) is 5.76 Å². The van der Waals surface area contributed by atoms with E-state index < -0.39 is 0 Å². The zero-order valence-corrected chi connectivity index (χ0v) is 9.29. The van der Waals surface area contributed by atoms with Crippen LogP contribution in [0, 0.1) is 0 Å². The molecule has 0 heterocycles. The topological polar surface area (TPSA) is 9.23 Å². The summed E-state index contributed by atoms with van der Waals surface area (Å²) >= 11 is 0. The summed E-state index contributed by atoms with van der Waals surface area (Å²) in [6, 6.07) is 0. The molecule has 0 fully saturated rings. The summed E-state index contributed by atoms with van der Waals surface area (Å²) in [5.74, 6) is 0.908. The van der Waals surface area contributed by atoms with Gasteiger partial charge in [-0.1, -0.05) is 18.2 Å². The Morgan fingerprint density at radius 3 is 2.08 bits per heavy atom. The minimum Gasteiger partial charge on any atom is -0.489 e. The first-order valence-corrected chi connectivity index (χ1v) is 4.64. The van der Waals surface area contributed by atoms with E-state index in [0.29, 0.717) is 0 Å². The fourth-order valence-electron chi connectivity index (χ4n) is 0.804. The standard InChI is InChI=1S/C12H20O/c1-6-8-9-10-11(7-2)13-12(3,4)5/h6-10H,1-5H3/b8-6-,10-9-,11-7+. The monoisotopic (exact) mass is 180 g/mol. The lowest BCUT2D eigenvalue weighted by molar-refractivity contribution is 0.0597. The van der Waals surface area contributed by atoms with Gasteiger partial charge < -0.3 is 4.74 Å². The van der Waals surface area contributed by atoms with Crippen molar-refractivity contribution in [2.24, 2.45) is 0 Å². The highest BCUT2D eigenvalue weighted by atomic mass is 16.5. The third-order valence-electron chi connectivity index (χ3n) is 1.27. The lowest BCUT2D eigenvalue weighted by Crippen LogP contribution is -2.17. The number of ether oxygens (including phenoxy) is 1. The van der Waals surface area contributed by atoms with Gasteiger partial charge in [-0.15, -0.1) is 0 Å².